The molecule has 2 amide bonds. The van der Waals surface area contributed by atoms with Crippen molar-refractivity contribution in [1.29, 1.82) is 0 Å². The predicted molar refractivity (Wildman–Crippen MR) is 116 cm³/mol. The van der Waals surface area contributed by atoms with Crippen LogP contribution in [0.1, 0.15) is 76.8 Å². The monoisotopic (exact) mass is 454 g/mol. The number of halogens is 3. The van der Waals surface area contributed by atoms with Crippen molar-refractivity contribution in [3.05, 3.63) is 33.6 Å². The number of rotatable bonds is 5. The smallest absolute Gasteiger partial charge is 0.223 e. The highest BCUT2D eigenvalue weighted by molar-refractivity contribution is 6.42. The van der Waals surface area contributed by atoms with E-state index in [1.54, 1.807) is 0 Å². The van der Waals surface area contributed by atoms with Gasteiger partial charge in [-0.15, -0.1) is 0 Å². The molecule has 1 aromatic carbocycles. The lowest BCUT2D eigenvalue weighted by Crippen LogP contribution is -2.42. The quantitative estimate of drug-likeness (QED) is 0.571. The molecule has 1 aromatic rings. The second-order valence-corrected chi connectivity index (χ2v) is 10.7. The molecule has 4 nitrogen and oxygen atoms in total. The molecule has 0 saturated heterocycles. The second-order valence-electron chi connectivity index (χ2n) is 9.96. The fraction of sp³-hybridized carbons (Fsp3) is 0.652. The molecular weight excluding hydrogens is 426 g/mol. The van der Waals surface area contributed by atoms with Gasteiger partial charge in [0.15, 0.2) is 0 Å². The Morgan fingerprint density at radius 3 is 2.47 bits per heavy atom. The molecule has 3 saturated carbocycles. The number of hydrogen-bond acceptors (Lipinski definition) is 2. The average molecular weight is 455 g/mol. The van der Waals surface area contributed by atoms with Crippen molar-refractivity contribution in [2.75, 3.05) is 0 Å². The summed E-state index contributed by atoms with van der Waals surface area (Å²) in [5.41, 5.74) is 0.365. The maximum absolute atomic E-state index is 15.0. The van der Waals surface area contributed by atoms with Crippen LogP contribution in [0.15, 0.2) is 12.1 Å². The SMILES string of the molecule is CC(=O)NC1CC[C@@H](C(=O)N[C@H](c2c(F)ccc(Cl)c2Cl)C23CCC(C)(CC2)C3)C1. The van der Waals surface area contributed by atoms with E-state index >= 15 is 4.39 Å². The van der Waals surface area contributed by atoms with Gasteiger partial charge in [-0.05, 0) is 74.3 Å². The summed E-state index contributed by atoms with van der Waals surface area (Å²) in [5.74, 6) is -0.789. The van der Waals surface area contributed by atoms with Crippen molar-refractivity contribution in [3.63, 3.8) is 0 Å². The topological polar surface area (TPSA) is 58.2 Å². The minimum absolute atomic E-state index is 0.0163. The number of carbonyl (C=O) groups excluding carboxylic acids is 2. The minimum Gasteiger partial charge on any atom is -0.354 e. The van der Waals surface area contributed by atoms with Gasteiger partial charge in [-0.3, -0.25) is 9.59 Å². The zero-order chi connectivity index (χ0) is 21.7. The van der Waals surface area contributed by atoms with Gasteiger partial charge < -0.3 is 10.6 Å². The van der Waals surface area contributed by atoms with Crippen LogP contribution in [0, 0.1) is 22.6 Å². The maximum Gasteiger partial charge on any atom is 0.223 e. The van der Waals surface area contributed by atoms with Crippen molar-refractivity contribution in [2.45, 2.75) is 77.3 Å². The van der Waals surface area contributed by atoms with Gasteiger partial charge in [0.2, 0.25) is 11.8 Å². The highest BCUT2D eigenvalue weighted by Gasteiger charge is 2.57. The summed E-state index contributed by atoms with van der Waals surface area (Å²) in [6.07, 6.45) is 7.07. The molecular formula is C23H29Cl2FN2O2. The van der Waals surface area contributed by atoms with Crippen molar-refractivity contribution in [2.24, 2.45) is 16.7 Å². The summed E-state index contributed by atoms with van der Waals surface area (Å²) >= 11 is 12.7. The van der Waals surface area contributed by atoms with E-state index in [4.69, 9.17) is 23.2 Å². The molecule has 0 aromatic heterocycles. The second kappa shape index (κ2) is 7.98. The Hall–Kier alpha value is -1.33. The van der Waals surface area contributed by atoms with Crippen LogP contribution in [0.4, 0.5) is 4.39 Å². The van der Waals surface area contributed by atoms with E-state index in [1.165, 1.54) is 19.1 Å². The molecule has 0 aliphatic heterocycles. The molecule has 3 fully saturated rings. The highest BCUT2D eigenvalue weighted by Crippen LogP contribution is 2.66. The fourth-order valence-electron chi connectivity index (χ4n) is 6.18. The molecule has 30 heavy (non-hydrogen) atoms. The number of carbonyl (C=O) groups is 2. The first-order valence-electron chi connectivity index (χ1n) is 10.8. The van der Waals surface area contributed by atoms with Crippen molar-refractivity contribution >= 4 is 35.0 Å². The molecule has 0 spiro atoms. The van der Waals surface area contributed by atoms with Crippen LogP contribution in [0.25, 0.3) is 0 Å². The number of benzene rings is 1. The van der Waals surface area contributed by atoms with Gasteiger partial charge >= 0.3 is 0 Å². The summed E-state index contributed by atoms with van der Waals surface area (Å²) in [4.78, 5) is 24.6. The van der Waals surface area contributed by atoms with Crippen molar-refractivity contribution < 1.29 is 14.0 Å². The normalized spacial score (nSPS) is 33.5. The molecule has 1 unspecified atom stereocenters. The lowest BCUT2D eigenvalue weighted by molar-refractivity contribution is -0.127. The highest BCUT2D eigenvalue weighted by atomic mass is 35.5. The van der Waals surface area contributed by atoms with E-state index in [-0.39, 0.29) is 39.6 Å². The van der Waals surface area contributed by atoms with Crippen LogP contribution >= 0.6 is 23.2 Å². The third-order valence-electron chi connectivity index (χ3n) is 7.71. The molecule has 2 bridgehead atoms. The number of hydrogen-bond donors (Lipinski definition) is 2. The van der Waals surface area contributed by atoms with Gasteiger partial charge in [-0.25, -0.2) is 4.39 Å². The Bertz CT molecular complexity index is 867. The summed E-state index contributed by atoms with van der Waals surface area (Å²) in [6, 6.07) is 2.31. The molecule has 3 aliphatic rings. The van der Waals surface area contributed by atoms with Gasteiger partial charge in [0.25, 0.3) is 0 Å². The Morgan fingerprint density at radius 1 is 1.17 bits per heavy atom. The standard InChI is InChI=1S/C23H29Cl2FN2O2/c1-13(29)27-15-4-3-14(11-15)21(30)28-20(18-17(26)6-5-16(24)19(18)25)23-9-7-22(2,12-23)8-10-23/h5-6,14-15,20H,3-4,7-12H2,1-2H3,(H,27,29)(H,28,30)/t14-,15?,20-,22?,23?/m1/s1. The minimum atomic E-state index is -0.500. The zero-order valence-corrected chi connectivity index (χ0v) is 19.0. The van der Waals surface area contributed by atoms with E-state index in [1.807, 2.05) is 0 Å². The Balaban J connectivity index is 1.62. The van der Waals surface area contributed by atoms with Crippen LogP contribution < -0.4 is 10.6 Å². The molecule has 3 aliphatic carbocycles. The third kappa shape index (κ3) is 3.95. The predicted octanol–water partition coefficient (Wildman–Crippen LogP) is 5.57. The van der Waals surface area contributed by atoms with E-state index < -0.39 is 11.9 Å². The van der Waals surface area contributed by atoms with Crippen LogP contribution in [0.3, 0.4) is 0 Å². The van der Waals surface area contributed by atoms with Crippen LogP contribution in [0.2, 0.25) is 10.0 Å². The van der Waals surface area contributed by atoms with Crippen LogP contribution in [-0.2, 0) is 9.59 Å². The van der Waals surface area contributed by atoms with Crippen LogP contribution in [0.5, 0.6) is 0 Å². The van der Waals surface area contributed by atoms with Gasteiger partial charge in [0.05, 0.1) is 16.1 Å². The lowest BCUT2D eigenvalue weighted by Gasteiger charge is -2.38. The maximum atomic E-state index is 15.0. The van der Waals surface area contributed by atoms with Gasteiger partial charge in [-0.1, -0.05) is 30.1 Å². The molecule has 0 heterocycles. The van der Waals surface area contributed by atoms with Gasteiger partial charge in [0.1, 0.15) is 5.82 Å². The lowest BCUT2D eigenvalue weighted by atomic mass is 9.74. The summed E-state index contributed by atoms with van der Waals surface area (Å²) in [6.45, 7) is 3.77. The van der Waals surface area contributed by atoms with E-state index in [0.29, 0.717) is 23.4 Å². The Kier molecular flexibility index (Phi) is 5.82. The van der Waals surface area contributed by atoms with E-state index in [2.05, 4.69) is 17.6 Å². The van der Waals surface area contributed by atoms with Crippen molar-refractivity contribution in [3.8, 4) is 0 Å². The van der Waals surface area contributed by atoms with Gasteiger partial charge in [-0.2, -0.15) is 0 Å². The fourth-order valence-corrected chi connectivity index (χ4v) is 6.61. The first-order chi connectivity index (χ1) is 14.1. The first kappa shape index (κ1) is 21.9. The molecule has 4 rings (SSSR count). The molecule has 3 atom stereocenters. The van der Waals surface area contributed by atoms with Crippen molar-refractivity contribution in [1.82, 2.24) is 10.6 Å². The van der Waals surface area contributed by atoms with Gasteiger partial charge in [0, 0.05) is 24.4 Å². The van der Waals surface area contributed by atoms with E-state index in [9.17, 15) is 9.59 Å². The molecule has 164 valence electrons. The average Bonchev–Trinajstić information content (AvgIpc) is 3.37. The first-order valence-corrected chi connectivity index (χ1v) is 11.6. The Morgan fingerprint density at radius 2 is 1.87 bits per heavy atom. The molecule has 0 radical (unpaired) electrons. The number of amides is 2. The van der Waals surface area contributed by atoms with E-state index in [0.717, 1.165) is 38.5 Å². The third-order valence-corrected chi connectivity index (χ3v) is 8.53. The van der Waals surface area contributed by atoms with Crippen LogP contribution in [-0.4, -0.2) is 17.9 Å². The largest absolute Gasteiger partial charge is 0.354 e. The molecule has 2 N–H and O–H groups in total. The Labute approximate surface area is 187 Å². The zero-order valence-electron chi connectivity index (χ0n) is 17.5. The summed E-state index contributed by atoms with van der Waals surface area (Å²) < 4.78 is 15.0. The number of nitrogens with one attached hydrogen (secondary N) is 2. The molecule has 7 heteroatoms. The summed E-state index contributed by atoms with van der Waals surface area (Å²) in [7, 11) is 0. The number of fused-ring (bicyclic) bond motifs is 2. The summed E-state index contributed by atoms with van der Waals surface area (Å²) in [5, 5.41) is 6.60.